The van der Waals surface area contributed by atoms with E-state index in [1.54, 1.807) is 23.5 Å². The van der Waals surface area contributed by atoms with Crippen molar-refractivity contribution in [3.05, 3.63) is 36.4 Å². The van der Waals surface area contributed by atoms with Crippen LogP contribution in [0.1, 0.15) is 25.0 Å². The summed E-state index contributed by atoms with van der Waals surface area (Å²) in [5, 5.41) is 0. The molecule has 0 fully saturated rings. The second-order valence-corrected chi connectivity index (χ2v) is 7.02. The first-order chi connectivity index (χ1) is 8.58. The molecule has 0 radical (unpaired) electrons. The molecule has 0 bridgehead atoms. The Labute approximate surface area is 127 Å². The Kier molecular flexibility index (Phi) is 4.11. The molecule has 0 saturated carbocycles. The first-order valence-electron chi connectivity index (χ1n) is 5.59. The average Bonchev–Trinajstić information content (AvgIpc) is 2.80. The highest BCUT2D eigenvalue weighted by atomic mass is 32.2. The Hall–Kier alpha value is -0.420. The highest BCUT2D eigenvalue weighted by Crippen LogP contribution is 2.48. The van der Waals surface area contributed by atoms with Crippen LogP contribution in [-0.2, 0) is 0 Å². The van der Waals surface area contributed by atoms with Crippen LogP contribution < -0.4 is 0 Å². The molecular formula is C14H12S4. The lowest BCUT2D eigenvalue weighted by molar-refractivity contribution is 1.31. The summed E-state index contributed by atoms with van der Waals surface area (Å²) in [6.07, 6.45) is 0. The van der Waals surface area contributed by atoms with Gasteiger partial charge in [-0.15, -0.1) is 0 Å². The number of hydrogen-bond acceptors (Lipinski definition) is 4. The van der Waals surface area contributed by atoms with Crippen LogP contribution in [0.15, 0.2) is 35.1 Å². The van der Waals surface area contributed by atoms with E-state index >= 15 is 0 Å². The fraction of sp³-hybridized carbons (Fsp3) is 0.143. The number of hydrogen-bond donors (Lipinski definition) is 0. The minimum atomic E-state index is 0.872. The Morgan fingerprint density at radius 2 is 1.17 bits per heavy atom. The lowest BCUT2D eigenvalue weighted by Crippen LogP contribution is -1.85. The predicted molar refractivity (Wildman–Crippen MR) is 92.8 cm³/mol. The number of thiocarbonyl (C=S) groups is 2. The number of benzene rings is 1. The van der Waals surface area contributed by atoms with Crippen molar-refractivity contribution in [3.63, 3.8) is 0 Å². The zero-order valence-electron chi connectivity index (χ0n) is 10.2. The second-order valence-electron chi connectivity index (χ2n) is 3.58. The van der Waals surface area contributed by atoms with Crippen molar-refractivity contribution in [1.29, 1.82) is 0 Å². The summed E-state index contributed by atoms with van der Waals surface area (Å²) >= 11 is 13.7. The Morgan fingerprint density at radius 1 is 0.833 bits per heavy atom. The summed E-state index contributed by atoms with van der Waals surface area (Å²) in [6.45, 7) is 12.0. The summed E-state index contributed by atoms with van der Waals surface area (Å²) in [5.74, 6) is 0. The van der Waals surface area contributed by atoms with Gasteiger partial charge in [0.15, 0.2) is 0 Å². The summed E-state index contributed by atoms with van der Waals surface area (Å²) in [4.78, 5) is 2.36. The smallest absolute Gasteiger partial charge is 0.0826 e. The van der Waals surface area contributed by atoms with Gasteiger partial charge < -0.3 is 0 Å². The van der Waals surface area contributed by atoms with Crippen LogP contribution in [0, 0.1) is 0 Å². The van der Waals surface area contributed by atoms with Crippen molar-refractivity contribution in [3.8, 4) is 0 Å². The van der Waals surface area contributed by atoms with Gasteiger partial charge in [-0.05, 0) is 23.3 Å². The van der Waals surface area contributed by atoms with Crippen LogP contribution in [0.2, 0.25) is 0 Å². The Morgan fingerprint density at radius 3 is 1.50 bits per heavy atom. The molecule has 0 amide bonds. The van der Waals surface area contributed by atoms with Crippen LogP contribution in [0.4, 0.5) is 0 Å². The lowest BCUT2D eigenvalue weighted by atomic mass is 10.0. The summed E-state index contributed by atoms with van der Waals surface area (Å²) < 4.78 is 1.74. The van der Waals surface area contributed by atoms with Crippen LogP contribution in [0.3, 0.4) is 0 Å². The molecule has 2 heterocycles. The zero-order chi connectivity index (χ0) is 13.4. The lowest BCUT2D eigenvalue weighted by Gasteiger charge is -2.02. The Balaban J connectivity index is 0.000000574. The predicted octanol–water partition coefficient (Wildman–Crippen LogP) is 5.61. The summed E-state index contributed by atoms with van der Waals surface area (Å²) in [6, 6.07) is 4.27. The molecule has 0 unspecified atom stereocenters. The van der Waals surface area contributed by atoms with Crippen LogP contribution in [0.5, 0.6) is 0 Å². The largest absolute Gasteiger partial charge is 0.0891 e. The second kappa shape index (κ2) is 5.29. The van der Waals surface area contributed by atoms with Gasteiger partial charge in [0.05, 0.1) is 8.39 Å². The van der Waals surface area contributed by atoms with Gasteiger partial charge in [0.2, 0.25) is 0 Å². The van der Waals surface area contributed by atoms with E-state index in [-0.39, 0.29) is 0 Å². The highest BCUT2D eigenvalue weighted by Gasteiger charge is 2.27. The molecule has 0 N–H and O–H groups in total. The molecule has 0 aromatic heterocycles. The maximum atomic E-state index is 5.25. The van der Waals surface area contributed by atoms with Crippen LogP contribution in [-0.4, -0.2) is 8.39 Å². The van der Waals surface area contributed by atoms with Gasteiger partial charge in [0.1, 0.15) is 0 Å². The van der Waals surface area contributed by atoms with E-state index in [9.17, 15) is 0 Å². The van der Waals surface area contributed by atoms with E-state index in [1.165, 1.54) is 9.79 Å². The van der Waals surface area contributed by atoms with E-state index in [4.69, 9.17) is 24.4 Å². The van der Waals surface area contributed by atoms with Gasteiger partial charge >= 0.3 is 0 Å². The molecular weight excluding hydrogens is 296 g/mol. The minimum absolute atomic E-state index is 0.872. The molecule has 0 aliphatic carbocycles. The molecule has 3 rings (SSSR count). The van der Waals surface area contributed by atoms with Crippen molar-refractivity contribution in [2.75, 3.05) is 0 Å². The third-order valence-electron chi connectivity index (χ3n) is 2.63. The monoisotopic (exact) mass is 308 g/mol. The molecule has 2 aliphatic rings. The average molecular weight is 309 g/mol. The van der Waals surface area contributed by atoms with E-state index < -0.39 is 0 Å². The topological polar surface area (TPSA) is 0 Å². The number of thioether (sulfide) groups is 2. The molecule has 2 aliphatic heterocycles. The van der Waals surface area contributed by atoms with E-state index in [1.807, 2.05) is 13.8 Å². The summed E-state index contributed by atoms with van der Waals surface area (Å²) in [7, 11) is 0. The van der Waals surface area contributed by atoms with Crippen molar-refractivity contribution in [2.24, 2.45) is 0 Å². The van der Waals surface area contributed by atoms with Gasteiger partial charge in [-0.3, -0.25) is 0 Å². The van der Waals surface area contributed by atoms with Gasteiger partial charge in [-0.1, -0.05) is 75.0 Å². The molecule has 0 saturated heterocycles. The number of rotatable bonds is 0. The molecule has 0 atom stereocenters. The molecule has 1 aromatic rings. The SMILES string of the molecule is C=C1C(=S)Sc2cc3c(cc21)SC(=S)C3=C.CC. The molecule has 18 heavy (non-hydrogen) atoms. The molecule has 4 heteroatoms. The third kappa shape index (κ3) is 2.11. The summed E-state index contributed by atoms with van der Waals surface area (Å²) in [5.41, 5.74) is 4.22. The van der Waals surface area contributed by atoms with Crippen LogP contribution >= 0.6 is 48.0 Å². The maximum Gasteiger partial charge on any atom is 0.0826 e. The minimum Gasteiger partial charge on any atom is -0.0891 e. The molecule has 0 spiro atoms. The first kappa shape index (κ1) is 14.0. The molecule has 1 aromatic carbocycles. The standard InChI is InChI=1S/C12H6S4.C2H6/c1-5-7-3-10-8(6(2)12(14)16-10)4-9(7)15-11(5)13;1-2/h3-4H,1-2H2;1-2H3. The third-order valence-corrected chi connectivity index (χ3v) is 5.60. The molecule has 92 valence electrons. The van der Waals surface area contributed by atoms with Gasteiger partial charge in [0, 0.05) is 20.9 Å². The normalized spacial score (nSPS) is 16.3. The van der Waals surface area contributed by atoms with Crippen molar-refractivity contribution in [1.82, 2.24) is 0 Å². The first-order valence-corrected chi connectivity index (χ1v) is 8.04. The van der Waals surface area contributed by atoms with Crippen molar-refractivity contribution >= 4 is 67.5 Å². The van der Waals surface area contributed by atoms with E-state index in [0.717, 1.165) is 30.7 Å². The van der Waals surface area contributed by atoms with E-state index in [2.05, 4.69) is 25.3 Å². The maximum absolute atomic E-state index is 5.25. The van der Waals surface area contributed by atoms with E-state index in [0.29, 0.717) is 0 Å². The van der Waals surface area contributed by atoms with Gasteiger partial charge in [-0.25, -0.2) is 0 Å². The van der Waals surface area contributed by atoms with Crippen molar-refractivity contribution in [2.45, 2.75) is 23.6 Å². The zero-order valence-corrected chi connectivity index (χ0v) is 13.5. The van der Waals surface area contributed by atoms with Gasteiger partial charge in [-0.2, -0.15) is 0 Å². The van der Waals surface area contributed by atoms with Crippen LogP contribution in [0.25, 0.3) is 11.1 Å². The quantitative estimate of drug-likeness (QED) is 0.451. The van der Waals surface area contributed by atoms with Gasteiger partial charge in [0.25, 0.3) is 0 Å². The highest BCUT2D eigenvalue weighted by molar-refractivity contribution is 8.25. The number of fused-ring (bicyclic) bond motifs is 2. The fourth-order valence-electron chi connectivity index (χ4n) is 1.74. The fourth-order valence-corrected chi connectivity index (χ4v) is 4.31. The molecule has 0 nitrogen and oxygen atoms in total. The Bertz CT molecular complexity index is 542. The van der Waals surface area contributed by atoms with Crippen molar-refractivity contribution < 1.29 is 0 Å².